The number of carbonyl (C=O) groups excluding carboxylic acids is 1. The number of halogens is 1. The van der Waals surface area contributed by atoms with Crippen molar-refractivity contribution in [1.82, 2.24) is 9.88 Å². The molecule has 0 aliphatic carbocycles. The number of hydrogen-bond acceptors (Lipinski definition) is 4. The molecule has 2 N–H and O–H groups in total. The van der Waals surface area contributed by atoms with Gasteiger partial charge in [0.25, 0.3) is 5.91 Å². The number of likely N-dealkylation sites (N-methyl/N-ethyl adjacent to an activating group) is 1. The van der Waals surface area contributed by atoms with Gasteiger partial charge in [0.15, 0.2) is 0 Å². The predicted octanol–water partition coefficient (Wildman–Crippen LogP) is 1.62. The molecule has 0 bridgehead atoms. The molecule has 0 aromatic carbocycles. The predicted molar refractivity (Wildman–Crippen MR) is 72.1 cm³/mol. The maximum absolute atomic E-state index is 12.1. The molecule has 0 fully saturated rings. The first-order valence-corrected chi connectivity index (χ1v) is 6.31. The van der Waals surface area contributed by atoms with E-state index in [9.17, 15) is 4.79 Å². The summed E-state index contributed by atoms with van der Waals surface area (Å²) in [4.78, 5) is 17.7. The Morgan fingerprint density at radius 2 is 2.28 bits per heavy atom. The van der Waals surface area contributed by atoms with Crippen LogP contribution in [0.15, 0.2) is 12.3 Å². The molecule has 5 nitrogen and oxygen atoms in total. The lowest BCUT2D eigenvalue weighted by Crippen LogP contribution is -2.33. The summed E-state index contributed by atoms with van der Waals surface area (Å²) >= 11 is 6.03. The third-order valence-corrected chi connectivity index (χ3v) is 2.76. The highest BCUT2D eigenvalue weighted by atomic mass is 35.5. The fraction of sp³-hybridized carbons (Fsp3) is 0.500. The highest BCUT2D eigenvalue weighted by molar-refractivity contribution is 6.33. The SMILES string of the molecule is CCNc1ncc(C(=O)N(CC)CCO)cc1Cl. The molecule has 1 amide bonds. The number of anilines is 1. The average molecular weight is 272 g/mol. The van der Waals surface area contributed by atoms with Crippen LogP contribution in [0, 0.1) is 0 Å². The summed E-state index contributed by atoms with van der Waals surface area (Å²) in [7, 11) is 0. The Morgan fingerprint density at radius 1 is 1.56 bits per heavy atom. The summed E-state index contributed by atoms with van der Waals surface area (Å²) in [5.74, 6) is 0.393. The number of rotatable bonds is 6. The van der Waals surface area contributed by atoms with Gasteiger partial charge in [-0.25, -0.2) is 4.98 Å². The quantitative estimate of drug-likeness (QED) is 0.825. The number of aliphatic hydroxyl groups is 1. The van der Waals surface area contributed by atoms with E-state index in [1.807, 2.05) is 13.8 Å². The molecule has 0 aliphatic rings. The zero-order valence-electron chi connectivity index (χ0n) is 10.6. The molecular weight excluding hydrogens is 254 g/mol. The second kappa shape index (κ2) is 7.18. The number of amides is 1. The first-order chi connectivity index (χ1) is 8.63. The molecule has 1 rings (SSSR count). The average Bonchev–Trinajstić information content (AvgIpc) is 2.37. The first kappa shape index (κ1) is 14.7. The van der Waals surface area contributed by atoms with Gasteiger partial charge < -0.3 is 15.3 Å². The lowest BCUT2D eigenvalue weighted by atomic mass is 10.2. The van der Waals surface area contributed by atoms with E-state index in [0.29, 0.717) is 36.0 Å². The van der Waals surface area contributed by atoms with Crippen LogP contribution in [0.3, 0.4) is 0 Å². The number of nitrogens with zero attached hydrogens (tertiary/aromatic N) is 2. The Kier molecular flexibility index (Phi) is 5.88. The Hall–Kier alpha value is -1.33. The highest BCUT2D eigenvalue weighted by Crippen LogP contribution is 2.20. The molecule has 0 saturated carbocycles. The van der Waals surface area contributed by atoms with Gasteiger partial charge in [-0.1, -0.05) is 11.6 Å². The molecule has 0 unspecified atom stereocenters. The van der Waals surface area contributed by atoms with Crippen molar-refractivity contribution in [3.05, 3.63) is 22.8 Å². The van der Waals surface area contributed by atoms with E-state index in [4.69, 9.17) is 16.7 Å². The van der Waals surface area contributed by atoms with Crippen molar-refractivity contribution in [3.63, 3.8) is 0 Å². The van der Waals surface area contributed by atoms with Gasteiger partial charge in [-0.15, -0.1) is 0 Å². The Bertz CT molecular complexity index is 412. The van der Waals surface area contributed by atoms with Gasteiger partial charge in [0, 0.05) is 25.8 Å². The van der Waals surface area contributed by atoms with E-state index in [1.165, 1.54) is 6.20 Å². The van der Waals surface area contributed by atoms with Crippen LogP contribution in [0.1, 0.15) is 24.2 Å². The number of hydrogen-bond donors (Lipinski definition) is 2. The van der Waals surface area contributed by atoms with Crippen molar-refractivity contribution in [1.29, 1.82) is 0 Å². The van der Waals surface area contributed by atoms with Crippen molar-refractivity contribution in [2.45, 2.75) is 13.8 Å². The molecule has 1 aromatic rings. The van der Waals surface area contributed by atoms with Gasteiger partial charge in [-0.05, 0) is 19.9 Å². The highest BCUT2D eigenvalue weighted by Gasteiger charge is 2.15. The van der Waals surface area contributed by atoms with Crippen LogP contribution >= 0.6 is 11.6 Å². The molecule has 0 atom stereocenters. The Morgan fingerprint density at radius 3 is 2.78 bits per heavy atom. The van der Waals surface area contributed by atoms with Gasteiger partial charge in [-0.3, -0.25) is 4.79 Å². The fourth-order valence-corrected chi connectivity index (χ4v) is 1.79. The van der Waals surface area contributed by atoms with Gasteiger partial charge in [-0.2, -0.15) is 0 Å². The van der Waals surface area contributed by atoms with E-state index in [1.54, 1.807) is 11.0 Å². The molecule has 0 radical (unpaired) electrons. The van der Waals surface area contributed by atoms with Crippen molar-refractivity contribution in [3.8, 4) is 0 Å². The lowest BCUT2D eigenvalue weighted by Gasteiger charge is -2.19. The van der Waals surface area contributed by atoms with Crippen LogP contribution < -0.4 is 5.32 Å². The maximum atomic E-state index is 12.1. The second-order valence-electron chi connectivity index (χ2n) is 3.69. The molecule has 0 spiro atoms. The summed E-state index contributed by atoms with van der Waals surface area (Å²) in [6.07, 6.45) is 1.49. The normalized spacial score (nSPS) is 10.2. The van der Waals surface area contributed by atoms with E-state index < -0.39 is 0 Å². The van der Waals surface area contributed by atoms with Crippen molar-refractivity contribution in [2.75, 3.05) is 31.6 Å². The Balaban J connectivity index is 2.89. The minimum atomic E-state index is -0.177. The van der Waals surface area contributed by atoms with Gasteiger partial charge in [0.1, 0.15) is 5.82 Å². The molecule has 100 valence electrons. The fourth-order valence-electron chi connectivity index (χ4n) is 1.56. The monoisotopic (exact) mass is 271 g/mol. The molecule has 18 heavy (non-hydrogen) atoms. The third-order valence-electron chi connectivity index (χ3n) is 2.47. The van der Waals surface area contributed by atoms with Crippen molar-refractivity contribution >= 4 is 23.3 Å². The minimum absolute atomic E-state index is 0.0593. The Labute approximate surface area is 112 Å². The number of aliphatic hydroxyl groups excluding tert-OH is 1. The molecule has 6 heteroatoms. The van der Waals surface area contributed by atoms with E-state index >= 15 is 0 Å². The molecular formula is C12H18ClN3O2. The van der Waals surface area contributed by atoms with Gasteiger partial charge in [0.2, 0.25) is 0 Å². The van der Waals surface area contributed by atoms with E-state index in [0.717, 1.165) is 0 Å². The molecule has 0 aliphatic heterocycles. The standard InChI is InChI=1S/C12H18ClN3O2/c1-3-14-11-10(13)7-9(8-15-11)12(18)16(4-2)5-6-17/h7-8,17H,3-6H2,1-2H3,(H,14,15). The van der Waals surface area contributed by atoms with Crippen LogP contribution in [0.4, 0.5) is 5.82 Å². The van der Waals surface area contributed by atoms with Crippen molar-refractivity contribution in [2.24, 2.45) is 0 Å². The van der Waals surface area contributed by atoms with Gasteiger partial charge >= 0.3 is 0 Å². The topological polar surface area (TPSA) is 65.5 Å². The van der Waals surface area contributed by atoms with E-state index in [2.05, 4.69) is 10.3 Å². The number of aromatic nitrogens is 1. The molecule has 1 aromatic heterocycles. The summed E-state index contributed by atoms with van der Waals surface area (Å²) < 4.78 is 0. The van der Waals surface area contributed by atoms with Crippen LogP contribution in [0.5, 0.6) is 0 Å². The summed E-state index contributed by atoms with van der Waals surface area (Å²) in [6.45, 7) is 5.29. The summed E-state index contributed by atoms with van der Waals surface area (Å²) in [5.41, 5.74) is 0.428. The zero-order valence-corrected chi connectivity index (χ0v) is 11.4. The lowest BCUT2D eigenvalue weighted by molar-refractivity contribution is 0.0731. The summed E-state index contributed by atoms with van der Waals surface area (Å²) in [6, 6.07) is 1.59. The minimum Gasteiger partial charge on any atom is -0.395 e. The first-order valence-electron chi connectivity index (χ1n) is 5.93. The molecule has 0 saturated heterocycles. The van der Waals surface area contributed by atoms with Gasteiger partial charge in [0.05, 0.1) is 17.2 Å². The van der Waals surface area contributed by atoms with Crippen LogP contribution in [0.25, 0.3) is 0 Å². The van der Waals surface area contributed by atoms with Crippen molar-refractivity contribution < 1.29 is 9.90 Å². The number of carbonyl (C=O) groups is 1. The second-order valence-corrected chi connectivity index (χ2v) is 4.10. The third kappa shape index (κ3) is 3.58. The van der Waals surface area contributed by atoms with Crippen LogP contribution in [0.2, 0.25) is 5.02 Å². The smallest absolute Gasteiger partial charge is 0.255 e. The zero-order chi connectivity index (χ0) is 13.5. The maximum Gasteiger partial charge on any atom is 0.255 e. The number of pyridine rings is 1. The summed E-state index contributed by atoms with van der Waals surface area (Å²) in [5, 5.41) is 12.3. The largest absolute Gasteiger partial charge is 0.395 e. The van der Waals surface area contributed by atoms with Crippen LogP contribution in [-0.4, -0.2) is 47.1 Å². The number of nitrogens with one attached hydrogen (secondary N) is 1. The molecule has 1 heterocycles. The van der Waals surface area contributed by atoms with E-state index in [-0.39, 0.29) is 12.5 Å². The van der Waals surface area contributed by atoms with Crippen LogP contribution in [-0.2, 0) is 0 Å².